The highest BCUT2D eigenvalue weighted by Gasteiger charge is 2.29. The molecular weight excluding hydrogens is 448 g/mol. The van der Waals surface area contributed by atoms with Crippen molar-refractivity contribution in [1.82, 2.24) is 19.1 Å². The second kappa shape index (κ2) is 10.1. The fourth-order valence-corrected chi connectivity index (χ4v) is 5.94. The van der Waals surface area contributed by atoms with Gasteiger partial charge in [0.25, 0.3) is 0 Å². The van der Waals surface area contributed by atoms with E-state index < -0.39 is 10.0 Å². The van der Waals surface area contributed by atoms with Crippen LogP contribution in [0.4, 0.5) is 0 Å². The number of hydrogen-bond acceptors (Lipinski definition) is 7. The summed E-state index contributed by atoms with van der Waals surface area (Å²) < 4.78 is 27.5. The van der Waals surface area contributed by atoms with E-state index >= 15 is 0 Å². The number of thioether (sulfide) groups is 1. The van der Waals surface area contributed by atoms with E-state index in [-0.39, 0.29) is 22.5 Å². The van der Waals surface area contributed by atoms with Crippen LogP contribution in [-0.2, 0) is 26.2 Å². The molecule has 32 heavy (non-hydrogen) atoms. The summed E-state index contributed by atoms with van der Waals surface area (Å²) in [7, 11) is -3.61. The predicted octanol–water partition coefficient (Wildman–Crippen LogP) is 1.83. The van der Waals surface area contributed by atoms with Crippen molar-refractivity contribution < 1.29 is 18.0 Å². The molecule has 0 bridgehead atoms. The molecule has 4 rings (SSSR count). The van der Waals surface area contributed by atoms with Crippen LogP contribution in [0.5, 0.6) is 0 Å². The first-order valence-corrected chi connectivity index (χ1v) is 13.0. The van der Waals surface area contributed by atoms with Crippen molar-refractivity contribution in [3.63, 3.8) is 0 Å². The van der Waals surface area contributed by atoms with Gasteiger partial charge in [-0.15, -0.1) is 0 Å². The predicted molar refractivity (Wildman–Crippen MR) is 121 cm³/mol. The number of imide groups is 1. The molecular formula is C22H26N4O4S2. The van der Waals surface area contributed by atoms with E-state index in [0.717, 1.165) is 6.54 Å². The zero-order valence-corrected chi connectivity index (χ0v) is 19.4. The molecule has 1 aromatic carbocycles. The molecule has 1 aromatic heterocycles. The van der Waals surface area contributed by atoms with Gasteiger partial charge in [-0.3, -0.25) is 19.4 Å². The van der Waals surface area contributed by atoms with Crippen LogP contribution >= 0.6 is 11.8 Å². The number of nitrogens with zero attached hydrogens (tertiary/aromatic N) is 4. The van der Waals surface area contributed by atoms with E-state index in [1.165, 1.54) is 38.8 Å². The first kappa shape index (κ1) is 22.9. The van der Waals surface area contributed by atoms with E-state index in [1.807, 2.05) is 18.2 Å². The summed E-state index contributed by atoms with van der Waals surface area (Å²) in [5, 5.41) is 0.552. The van der Waals surface area contributed by atoms with Crippen molar-refractivity contribution in [3.05, 3.63) is 54.2 Å². The number of benzene rings is 1. The van der Waals surface area contributed by atoms with Gasteiger partial charge in [-0.05, 0) is 24.1 Å². The number of likely N-dealkylation sites (tertiary alicyclic amines) is 1. The average Bonchev–Trinajstić information content (AvgIpc) is 3.25. The standard InChI is InChI=1S/C22H26N4O4S2/c27-21-7-4-10-26(21)22(28)17-31-20-9-8-19(15-23-20)32(29,30)25-13-11-24(12-14-25)16-18-5-2-1-3-6-18/h1-3,5-6,8-9,15H,4,7,10-14,16-17H2. The number of pyridine rings is 1. The summed E-state index contributed by atoms with van der Waals surface area (Å²) in [4.78, 5) is 31.7. The van der Waals surface area contributed by atoms with E-state index in [9.17, 15) is 18.0 Å². The Labute approximate surface area is 192 Å². The summed E-state index contributed by atoms with van der Waals surface area (Å²) in [5.74, 6) is -0.257. The molecule has 8 nitrogen and oxygen atoms in total. The van der Waals surface area contributed by atoms with Gasteiger partial charge in [0.15, 0.2) is 0 Å². The van der Waals surface area contributed by atoms with Crippen LogP contribution < -0.4 is 0 Å². The first-order chi connectivity index (χ1) is 15.4. The molecule has 0 atom stereocenters. The molecule has 0 spiro atoms. The summed E-state index contributed by atoms with van der Waals surface area (Å²) in [6.07, 6.45) is 2.47. The number of carbonyl (C=O) groups is 2. The van der Waals surface area contributed by atoms with Crippen molar-refractivity contribution in [2.75, 3.05) is 38.5 Å². The van der Waals surface area contributed by atoms with E-state index in [1.54, 1.807) is 6.07 Å². The lowest BCUT2D eigenvalue weighted by molar-refractivity contribution is -0.140. The minimum Gasteiger partial charge on any atom is -0.296 e. The molecule has 0 N–H and O–H groups in total. The molecule has 2 fully saturated rings. The average molecular weight is 475 g/mol. The Morgan fingerprint density at radius 1 is 1.00 bits per heavy atom. The van der Waals surface area contributed by atoms with Gasteiger partial charge in [0.1, 0.15) is 4.90 Å². The summed E-state index contributed by atoms with van der Waals surface area (Å²) >= 11 is 1.20. The molecule has 0 aliphatic carbocycles. The third kappa shape index (κ3) is 5.37. The molecule has 170 valence electrons. The third-order valence-electron chi connectivity index (χ3n) is 5.65. The number of rotatable bonds is 7. The topological polar surface area (TPSA) is 90.9 Å². The molecule has 2 saturated heterocycles. The van der Waals surface area contributed by atoms with Crippen molar-refractivity contribution in [1.29, 1.82) is 0 Å². The highest BCUT2D eigenvalue weighted by molar-refractivity contribution is 7.99. The van der Waals surface area contributed by atoms with Gasteiger partial charge in [-0.25, -0.2) is 13.4 Å². The highest BCUT2D eigenvalue weighted by Crippen LogP contribution is 2.22. The maximum atomic E-state index is 13.0. The van der Waals surface area contributed by atoms with Crippen LogP contribution in [0.15, 0.2) is 58.6 Å². The minimum atomic E-state index is -3.61. The molecule has 0 saturated carbocycles. The van der Waals surface area contributed by atoms with E-state index in [0.29, 0.717) is 50.6 Å². The van der Waals surface area contributed by atoms with Gasteiger partial charge in [-0.2, -0.15) is 4.31 Å². The Bertz CT molecular complexity index is 1050. The van der Waals surface area contributed by atoms with Crippen LogP contribution in [0, 0.1) is 0 Å². The summed E-state index contributed by atoms with van der Waals surface area (Å²) in [5.41, 5.74) is 1.22. The fraction of sp³-hybridized carbons (Fsp3) is 0.409. The number of amides is 2. The second-order valence-electron chi connectivity index (χ2n) is 7.83. The fourth-order valence-electron chi connectivity index (χ4n) is 3.85. The zero-order chi connectivity index (χ0) is 22.6. The van der Waals surface area contributed by atoms with Crippen LogP contribution in [0.1, 0.15) is 18.4 Å². The molecule has 2 amide bonds. The van der Waals surface area contributed by atoms with E-state index in [4.69, 9.17) is 0 Å². The largest absolute Gasteiger partial charge is 0.296 e. The lowest BCUT2D eigenvalue weighted by atomic mass is 10.2. The maximum absolute atomic E-state index is 13.0. The zero-order valence-electron chi connectivity index (χ0n) is 17.7. The lowest BCUT2D eigenvalue weighted by Crippen LogP contribution is -2.48. The van der Waals surface area contributed by atoms with Crippen LogP contribution in [0.25, 0.3) is 0 Å². The molecule has 3 heterocycles. The Morgan fingerprint density at radius 3 is 2.38 bits per heavy atom. The van der Waals surface area contributed by atoms with Gasteiger partial charge >= 0.3 is 0 Å². The monoisotopic (exact) mass is 474 g/mol. The normalized spacial score (nSPS) is 18.2. The Hall–Kier alpha value is -2.27. The van der Waals surface area contributed by atoms with Gasteiger partial charge in [0.2, 0.25) is 21.8 Å². The third-order valence-corrected chi connectivity index (χ3v) is 8.46. The van der Waals surface area contributed by atoms with Crippen LogP contribution in [-0.4, -0.2) is 77.8 Å². The first-order valence-electron chi connectivity index (χ1n) is 10.6. The highest BCUT2D eigenvalue weighted by atomic mass is 32.2. The SMILES string of the molecule is O=C1CCCN1C(=O)CSc1ccc(S(=O)(=O)N2CCN(Cc3ccccc3)CC2)cn1. The van der Waals surface area contributed by atoms with Gasteiger partial charge in [-0.1, -0.05) is 42.1 Å². The van der Waals surface area contributed by atoms with Gasteiger partial charge in [0, 0.05) is 51.9 Å². The Balaban J connectivity index is 1.30. The number of sulfonamides is 1. The molecule has 10 heteroatoms. The smallest absolute Gasteiger partial charge is 0.244 e. The van der Waals surface area contributed by atoms with Gasteiger partial charge < -0.3 is 0 Å². The van der Waals surface area contributed by atoms with Crippen LogP contribution in [0.3, 0.4) is 0 Å². The van der Waals surface area contributed by atoms with E-state index in [2.05, 4.69) is 22.0 Å². The summed E-state index contributed by atoms with van der Waals surface area (Å²) in [6.45, 7) is 3.50. The number of hydrogen-bond donors (Lipinski definition) is 0. The van der Waals surface area contributed by atoms with Crippen LogP contribution in [0.2, 0.25) is 0 Å². The van der Waals surface area contributed by atoms with Crippen molar-refractivity contribution in [2.45, 2.75) is 29.3 Å². The minimum absolute atomic E-state index is 0.105. The molecule has 2 aromatic rings. The van der Waals surface area contributed by atoms with Gasteiger partial charge in [0.05, 0.1) is 10.8 Å². The quantitative estimate of drug-likeness (QED) is 0.566. The number of aromatic nitrogens is 1. The number of piperazine rings is 1. The number of carbonyl (C=O) groups excluding carboxylic acids is 2. The Morgan fingerprint density at radius 2 is 1.75 bits per heavy atom. The summed E-state index contributed by atoms with van der Waals surface area (Å²) in [6, 6.07) is 13.3. The molecule has 2 aliphatic heterocycles. The molecule has 0 unspecified atom stereocenters. The molecule has 2 aliphatic rings. The van der Waals surface area contributed by atoms with Crippen molar-refractivity contribution in [2.24, 2.45) is 0 Å². The second-order valence-corrected chi connectivity index (χ2v) is 10.8. The Kier molecular flexibility index (Phi) is 7.24. The molecule has 0 radical (unpaired) electrons. The lowest BCUT2D eigenvalue weighted by Gasteiger charge is -2.33. The maximum Gasteiger partial charge on any atom is 0.244 e. The van der Waals surface area contributed by atoms with Crippen molar-refractivity contribution >= 4 is 33.6 Å². The van der Waals surface area contributed by atoms with Crippen molar-refractivity contribution in [3.8, 4) is 0 Å².